The molecule has 0 unspecified atom stereocenters. The first-order chi connectivity index (χ1) is 7.81. The standard InChI is InChI=1S/C10H7BrClF3O2/c1-17-5-2-6(10(13,14)15)9(7(12)3-5)8(16)4-11/h2-3H,4H2,1H3. The zero-order valence-corrected chi connectivity index (χ0v) is 10.9. The van der Waals surface area contributed by atoms with Gasteiger partial charge in [0.2, 0.25) is 0 Å². The summed E-state index contributed by atoms with van der Waals surface area (Å²) < 4.78 is 43.0. The molecule has 0 aliphatic heterocycles. The Bertz CT molecular complexity index is 446. The number of hydrogen-bond acceptors (Lipinski definition) is 2. The zero-order chi connectivity index (χ0) is 13.2. The lowest BCUT2D eigenvalue weighted by Gasteiger charge is -2.14. The lowest BCUT2D eigenvalue weighted by molar-refractivity contribution is -0.138. The van der Waals surface area contributed by atoms with Crippen molar-refractivity contribution in [1.82, 2.24) is 0 Å². The van der Waals surface area contributed by atoms with Crippen molar-refractivity contribution in [3.05, 3.63) is 28.3 Å². The molecule has 0 radical (unpaired) electrons. The van der Waals surface area contributed by atoms with Gasteiger partial charge in [-0.25, -0.2) is 0 Å². The van der Waals surface area contributed by atoms with Crippen LogP contribution >= 0.6 is 27.5 Å². The molecule has 17 heavy (non-hydrogen) atoms. The summed E-state index contributed by atoms with van der Waals surface area (Å²) in [7, 11) is 1.22. The number of rotatable bonds is 3. The van der Waals surface area contributed by atoms with Gasteiger partial charge in [-0.2, -0.15) is 13.2 Å². The highest BCUT2D eigenvalue weighted by Gasteiger charge is 2.36. The highest BCUT2D eigenvalue weighted by molar-refractivity contribution is 9.09. The molecule has 0 amide bonds. The smallest absolute Gasteiger partial charge is 0.417 e. The number of Topliss-reactive ketones (excluding diaryl/α,β-unsaturated/α-hetero) is 1. The van der Waals surface area contributed by atoms with Gasteiger partial charge in [-0.1, -0.05) is 27.5 Å². The third-order valence-electron chi connectivity index (χ3n) is 2.01. The fourth-order valence-electron chi connectivity index (χ4n) is 1.27. The molecule has 0 fully saturated rings. The Kier molecular flexibility index (Phi) is 4.43. The predicted molar refractivity (Wildman–Crippen MR) is 61.1 cm³/mol. The summed E-state index contributed by atoms with van der Waals surface area (Å²) in [5.41, 5.74) is -1.64. The van der Waals surface area contributed by atoms with Gasteiger partial charge in [0.15, 0.2) is 5.78 Å². The van der Waals surface area contributed by atoms with Gasteiger partial charge < -0.3 is 4.74 Å². The zero-order valence-electron chi connectivity index (χ0n) is 8.57. The van der Waals surface area contributed by atoms with Crippen molar-refractivity contribution in [1.29, 1.82) is 0 Å². The minimum atomic E-state index is -4.66. The lowest BCUT2D eigenvalue weighted by atomic mass is 10.0. The maximum atomic E-state index is 12.8. The monoisotopic (exact) mass is 330 g/mol. The molecule has 0 atom stereocenters. The quantitative estimate of drug-likeness (QED) is 0.619. The van der Waals surface area contributed by atoms with E-state index in [0.29, 0.717) is 0 Å². The van der Waals surface area contributed by atoms with Gasteiger partial charge in [0.1, 0.15) is 5.75 Å². The number of halogens is 5. The maximum Gasteiger partial charge on any atom is 0.417 e. The molecule has 0 saturated carbocycles. The van der Waals surface area contributed by atoms with Crippen LogP contribution in [0.25, 0.3) is 0 Å². The molecule has 0 aliphatic carbocycles. The van der Waals surface area contributed by atoms with Crippen molar-refractivity contribution >= 4 is 33.3 Å². The van der Waals surface area contributed by atoms with Crippen LogP contribution in [0.3, 0.4) is 0 Å². The van der Waals surface area contributed by atoms with Crippen LogP contribution in [0.5, 0.6) is 5.75 Å². The van der Waals surface area contributed by atoms with Crippen molar-refractivity contribution in [2.75, 3.05) is 12.4 Å². The number of carbonyl (C=O) groups excluding carboxylic acids is 1. The lowest BCUT2D eigenvalue weighted by Crippen LogP contribution is -2.14. The Morgan fingerprint density at radius 3 is 2.47 bits per heavy atom. The molecule has 1 aromatic rings. The van der Waals surface area contributed by atoms with E-state index >= 15 is 0 Å². The molecule has 0 aromatic heterocycles. The van der Waals surface area contributed by atoms with E-state index in [1.807, 2.05) is 0 Å². The third-order valence-corrected chi connectivity index (χ3v) is 2.81. The highest BCUT2D eigenvalue weighted by Crippen LogP contribution is 2.38. The molecule has 7 heteroatoms. The van der Waals surface area contributed by atoms with Gasteiger partial charge in [-0.05, 0) is 12.1 Å². The fraction of sp³-hybridized carbons (Fsp3) is 0.300. The number of carbonyl (C=O) groups is 1. The van der Waals surface area contributed by atoms with Gasteiger partial charge in [0.25, 0.3) is 0 Å². The SMILES string of the molecule is COc1cc(Cl)c(C(=O)CBr)c(C(F)(F)F)c1. The molecule has 0 saturated heterocycles. The molecular formula is C10H7BrClF3O2. The van der Waals surface area contributed by atoms with Crippen LogP contribution < -0.4 is 4.74 Å². The summed E-state index contributed by atoms with van der Waals surface area (Å²) in [4.78, 5) is 11.4. The Morgan fingerprint density at radius 2 is 2.06 bits per heavy atom. The van der Waals surface area contributed by atoms with E-state index in [1.54, 1.807) is 0 Å². The second-order valence-electron chi connectivity index (χ2n) is 3.09. The predicted octanol–water partition coefficient (Wildman–Crippen LogP) is 3.95. The van der Waals surface area contributed by atoms with Gasteiger partial charge in [-0.3, -0.25) is 4.79 Å². The average Bonchev–Trinajstić information content (AvgIpc) is 2.25. The van der Waals surface area contributed by atoms with E-state index in [0.717, 1.165) is 6.07 Å². The van der Waals surface area contributed by atoms with Crippen molar-refractivity contribution in [2.24, 2.45) is 0 Å². The van der Waals surface area contributed by atoms with Gasteiger partial charge in [0.05, 0.1) is 23.0 Å². The van der Waals surface area contributed by atoms with E-state index < -0.39 is 23.1 Å². The summed E-state index contributed by atoms with van der Waals surface area (Å²) in [6.45, 7) is 0. The van der Waals surface area contributed by atoms with E-state index in [-0.39, 0.29) is 16.1 Å². The Hall–Kier alpha value is -0.750. The van der Waals surface area contributed by atoms with Gasteiger partial charge in [0, 0.05) is 5.56 Å². The number of alkyl halides is 4. The summed E-state index contributed by atoms with van der Waals surface area (Å²) >= 11 is 8.49. The molecule has 94 valence electrons. The molecule has 1 rings (SSSR count). The van der Waals surface area contributed by atoms with Crippen molar-refractivity contribution < 1.29 is 22.7 Å². The van der Waals surface area contributed by atoms with E-state index in [1.165, 1.54) is 13.2 Å². The Morgan fingerprint density at radius 1 is 1.47 bits per heavy atom. The summed E-state index contributed by atoms with van der Waals surface area (Å²) in [6.07, 6.45) is -4.66. The first-order valence-electron chi connectivity index (χ1n) is 4.35. The molecule has 0 heterocycles. The molecule has 0 N–H and O–H groups in total. The maximum absolute atomic E-state index is 12.8. The number of ether oxygens (including phenoxy) is 1. The Balaban J connectivity index is 3.51. The van der Waals surface area contributed by atoms with E-state index in [9.17, 15) is 18.0 Å². The van der Waals surface area contributed by atoms with E-state index in [4.69, 9.17) is 16.3 Å². The van der Waals surface area contributed by atoms with Crippen molar-refractivity contribution in [3.8, 4) is 5.75 Å². The van der Waals surface area contributed by atoms with Crippen molar-refractivity contribution in [2.45, 2.75) is 6.18 Å². The summed E-state index contributed by atoms with van der Waals surface area (Å²) in [6, 6.07) is 1.93. The summed E-state index contributed by atoms with van der Waals surface area (Å²) in [5, 5.41) is -0.511. The van der Waals surface area contributed by atoms with Crippen LogP contribution in [-0.2, 0) is 6.18 Å². The normalized spacial score (nSPS) is 11.4. The molecule has 0 aliphatic rings. The topological polar surface area (TPSA) is 26.3 Å². The van der Waals surface area contributed by atoms with Crippen LogP contribution in [-0.4, -0.2) is 18.2 Å². The molecule has 0 bridgehead atoms. The third kappa shape index (κ3) is 3.13. The summed E-state index contributed by atoms with van der Waals surface area (Å²) in [5.74, 6) is -0.779. The minimum Gasteiger partial charge on any atom is -0.497 e. The number of benzene rings is 1. The minimum absolute atomic E-state index is 0.0477. The van der Waals surface area contributed by atoms with Crippen LogP contribution in [0.2, 0.25) is 5.02 Å². The van der Waals surface area contributed by atoms with Gasteiger partial charge in [-0.15, -0.1) is 0 Å². The average molecular weight is 332 g/mol. The first-order valence-corrected chi connectivity index (χ1v) is 5.85. The number of methoxy groups -OCH3 is 1. The molecule has 1 aromatic carbocycles. The Labute approximate surface area is 109 Å². The van der Waals surface area contributed by atoms with Crippen LogP contribution in [0.4, 0.5) is 13.2 Å². The van der Waals surface area contributed by atoms with Crippen LogP contribution in [0.1, 0.15) is 15.9 Å². The van der Waals surface area contributed by atoms with Crippen LogP contribution in [0, 0.1) is 0 Å². The van der Waals surface area contributed by atoms with Gasteiger partial charge >= 0.3 is 6.18 Å². The van der Waals surface area contributed by atoms with E-state index in [2.05, 4.69) is 15.9 Å². The van der Waals surface area contributed by atoms with Crippen molar-refractivity contribution in [3.63, 3.8) is 0 Å². The molecule has 0 spiro atoms. The highest BCUT2D eigenvalue weighted by atomic mass is 79.9. The second kappa shape index (κ2) is 5.27. The molecular weight excluding hydrogens is 324 g/mol. The number of hydrogen-bond donors (Lipinski definition) is 0. The molecule has 2 nitrogen and oxygen atoms in total. The number of ketones is 1. The fourth-order valence-corrected chi connectivity index (χ4v) is 1.87. The second-order valence-corrected chi connectivity index (χ2v) is 4.05. The largest absolute Gasteiger partial charge is 0.497 e. The first kappa shape index (κ1) is 14.3. The van der Waals surface area contributed by atoms with Crippen LogP contribution in [0.15, 0.2) is 12.1 Å².